The lowest BCUT2D eigenvalue weighted by Crippen LogP contribution is -2.18. The minimum absolute atomic E-state index is 0.0770. The largest absolute Gasteiger partial charge is 0.326 e. The first-order valence-electron chi connectivity index (χ1n) is 4.83. The van der Waals surface area contributed by atoms with Gasteiger partial charge in [0.15, 0.2) is 0 Å². The molecule has 1 aromatic carbocycles. The molecule has 0 aliphatic rings. The van der Waals surface area contributed by atoms with Gasteiger partial charge in [0, 0.05) is 11.6 Å². The summed E-state index contributed by atoms with van der Waals surface area (Å²) in [5.74, 6) is 0. The number of nitrogens with one attached hydrogen (secondary N) is 1. The third-order valence-electron chi connectivity index (χ3n) is 2.39. The summed E-state index contributed by atoms with van der Waals surface area (Å²) in [5.41, 5.74) is 1.98. The third-order valence-corrected chi connectivity index (χ3v) is 2.39. The topological polar surface area (TPSA) is 54.9 Å². The number of imidazole rings is 1. The number of fused-ring (bicyclic) bond motifs is 1. The average molecular weight is 204 g/mol. The van der Waals surface area contributed by atoms with Crippen LogP contribution >= 0.6 is 0 Å². The number of rotatable bonds is 2. The molecule has 4 nitrogen and oxygen atoms in total. The monoisotopic (exact) mass is 204 g/mol. The molecular formula is C11H12N2O2. The summed E-state index contributed by atoms with van der Waals surface area (Å²) in [6, 6.07) is 5.24. The summed E-state index contributed by atoms with van der Waals surface area (Å²) in [7, 11) is 0. The van der Waals surface area contributed by atoms with Crippen LogP contribution in [0, 0.1) is 0 Å². The predicted molar refractivity (Wildman–Crippen MR) is 58.3 cm³/mol. The van der Waals surface area contributed by atoms with Crippen molar-refractivity contribution in [2.75, 3.05) is 0 Å². The van der Waals surface area contributed by atoms with E-state index in [4.69, 9.17) is 0 Å². The first-order chi connectivity index (χ1) is 7.13. The maximum atomic E-state index is 11.6. The molecule has 15 heavy (non-hydrogen) atoms. The maximum absolute atomic E-state index is 11.6. The number of benzene rings is 1. The molecule has 4 heteroatoms. The van der Waals surface area contributed by atoms with Gasteiger partial charge < -0.3 is 4.98 Å². The van der Waals surface area contributed by atoms with Crippen LogP contribution in [0.1, 0.15) is 30.2 Å². The van der Waals surface area contributed by atoms with E-state index < -0.39 is 0 Å². The van der Waals surface area contributed by atoms with Crippen LogP contribution in [0.3, 0.4) is 0 Å². The van der Waals surface area contributed by atoms with E-state index in [1.807, 2.05) is 13.8 Å². The summed E-state index contributed by atoms with van der Waals surface area (Å²) in [5, 5.41) is 0. The molecule has 0 radical (unpaired) electrons. The van der Waals surface area contributed by atoms with Gasteiger partial charge in [-0.1, -0.05) is 0 Å². The predicted octanol–water partition coefficient (Wildman–Crippen LogP) is 1.72. The summed E-state index contributed by atoms with van der Waals surface area (Å²) < 4.78 is 1.64. The van der Waals surface area contributed by atoms with E-state index in [0.717, 1.165) is 17.3 Å². The van der Waals surface area contributed by atoms with Gasteiger partial charge in [0.2, 0.25) is 0 Å². The molecule has 0 amide bonds. The highest BCUT2D eigenvalue weighted by Crippen LogP contribution is 2.15. The van der Waals surface area contributed by atoms with Crippen molar-refractivity contribution in [3.8, 4) is 0 Å². The van der Waals surface area contributed by atoms with Gasteiger partial charge in [-0.05, 0) is 32.0 Å². The van der Waals surface area contributed by atoms with Crippen LogP contribution in [0.4, 0.5) is 0 Å². The van der Waals surface area contributed by atoms with E-state index in [1.165, 1.54) is 0 Å². The number of aromatic amines is 1. The van der Waals surface area contributed by atoms with Gasteiger partial charge in [-0.15, -0.1) is 0 Å². The molecule has 0 spiro atoms. The number of aldehydes is 1. The van der Waals surface area contributed by atoms with Gasteiger partial charge in [0.25, 0.3) is 0 Å². The molecule has 0 unspecified atom stereocenters. The molecule has 0 saturated carbocycles. The third kappa shape index (κ3) is 1.48. The zero-order valence-corrected chi connectivity index (χ0v) is 8.65. The minimum Gasteiger partial charge on any atom is -0.306 e. The number of carbonyl (C=O) groups excluding carboxylic acids is 1. The molecule has 0 fully saturated rings. The van der Waals surface area contributed by atoms with Crippen LogP contribution in [-0.2, 0) is 0 Å². The van der Waals surface area contributed by atoms with Crippen LogP contribution in [0.2, 0.25) is 0 Å². The van der Waals surface area contributed by atoms with Crippen LogP contribution in [0.15, 0.2) is 23.0 Å². The molecular weight excluding hydrogens is 192 g/mol. The van der Waals surface area contributed by atoms with E-state index in [-0.39, 0.29) is 11.7 Å². The number of H-pyrrole nitrogens is 1. The highest BCUT2D eigenvalue weighted by Gasteiger charge is 2.09. The van der Waals surface area contributed by atoms with Crippen molar-refractivity contribution < 1.29 is 4.79 Å². The van der Waals surface area contributed by atoms with Gasteiger partial charge in [0.05, 0.1) is 11.0 Å². The van der Waals surface area contributed by atoms with Crippen LogP contribution in [0.25, 0.3) is 11.0 Å². The SMILES string of the molecule is CC(C)n1c(=O)[nH]c2ccc(C=O)cc21. The Morgan fingerprint density at radius 1 is 1.40 bits per heavy atom. The lowest BCUT2D eigenvalue weighted by atomic mass is 10.2. The summed E-state index contributed by atoms with van der Waals surface area (Å²) in [6.07, 6.45) is 0.779. The van der Waals surface area contributed by atoms with Gasteiger partial charge in [0.1, 0.15) is 6.29 Å². The Hall–Kier alpha value is -1.84. The van der Waals surface area contributed by atoms with E-state index in [2.05, 4.69) is 4.98 Å². The number of nitrogens with zero attached hydrogens (tertiary/aromatic N) is 1. The van der Waals surface area contributed by atoms with E-state index in [1.54, 1.807) is 22.8 Å². The molecule has 1 N–H and O–H groups in total. The smallest absolute Gasteiger partial charge is 0.306 e. The van der Waals surface area contributed by atoms with Crippen molar-refractivity contribution in [2.24, 2.45) is 0 Å². The van der Waals surface area contributed by atoms with Crippen molar-refractivity contribution in [1.29, 1.82) is 0 Å². The zero-order chi connectivity index (χ0) is 11.0. The lowest BCUT2D eigenvalue weighted by molar-refractivity contribution is 0.112. The Morgan fingerprint density at radius 3 is 2.73 bits per heavy atom. The fourth-order valence-corrected chi connectivity index (χ4v) is 1.72. The first-order valence-corrected chi connectivity index (χ1v) is 4.83. The zero-order valence-electron chi connectivity index (χ0n) is 8.65. The fraction of sp³-hybridized carbons (Fsp3) is 0.273. The van der Waals surface area contributed by atoms with E-state index >= 15 is 0 Å². The van der Waals surface area contributed by atoms with Crippen molar-refractivity contribution in [3.05, 3.63) is 34.2 Å². The highest BCUT2D eigenvalue weighted by molar-refractivity contribution is 5.84. The lowest BCUT2D eigenvalue weighted by Gasteiger charge is -2.06. The molecule has 0 bridgehead atoms. The molecule has 1 aromatic heterocycles. The highest BCUT2D eigenvalue weighted by atomic mass is 16.1. The number of aromatic nitrogens is 2. The maximum Gasteiger partial charge on any atom is 0.326 e. The van der Waals surface area contributed by atoms with E-state index in [9.17, 15) is 9.59 Å². The van der Waals surface area contributed by atoms with Gasteiger partial charge in [-0.25, -0.2) is 4.79 Å². The molecule has 2 rings (SSSR count). The summed E-state index contributed by atoms with van der Waals surface area (Å²) in [4.78, 5) is 25.0. The van der Waals surface area contributed by atoms with Crippen LogP contribution in [0.5, 0.6) is 0 Å². The molecule has 0 aliphatic carbocycles. The Kier molecular flexibility index (Phi) is 2.19. The van der Waals surface area contributed by atoms with Crippen molar-refractivity contribution in [3.63, 3.8) is 0 Å². The quantitative estimate of drug-likeness (QED) is 0.757. The average Bonchev–Trinajstić information content (AvgIpc) is 2.52. The second kappa shape index (κ2) is 3.38. The Bertz CT molecular complexity index is 563. The normalized spacial score (nSPS) is 11.1. The number of carbonyl (C=O) groups is 1. The molecule has 0 aliphatic heterocycles. The Labute approximate surface area is 86.5 Å². The Morgan fingerprint density at radius 2 is 2.13 bits per heavy atom. The van der Waals surface area contributed by atoms with Gasteiger partial charge >= 0.3 is 5.69 Å². The fourth-order valence-electron chi connectivity index (χ4n) is 1.72. The summed E-state index contributed by atoms with van der Waals surface area (Å²) >= 11 is 0. The van der Waals surface area contributed by atoms with Crippen molar-refractivity contribution in [1.82, 2.24) is 9.55 Å². The second-order valence-electron chi connectivity index (χ2n) is 3.79. The van der Waals surface area contributed by atoms with Crippen molar-refractivity contribution in [2.45, 2.75) is 19.9 Å². The van der Waals surface area contributed by atoms with Crippen LogP contribution < -0.4 is 5.69 Å². The second-order valence-corrected chi connectivity index (χ2v) is 3.79. The van der Waals surface area contributed by atoms with Crippen molar-refractivity contribution >= 4 is 17.3 Å². The van der Waals surface area contributed by atoms with Gasteiger partial charge in [-0.3, -0.25) is 9.36 Å². The number of hydrogen-bond donors (Lipinski definition) is 1. The molecule has 78 valence electrons. The summed E-state index contributed by atoms with van der Waals surface area (Å²) in [6.45, 7) is 3.87. The molecule has 2 aromatic rings. The molecule has 0 saturated heterocycles. The van der Waals surface area contributed by atoms with Gasteiger partial charge in [-0.2, -0.15) is 0 Å². The van der Waals surface area contributed by atoms with Crippen LogP contribution in [-0.4, -0.2) is 15.8 Å². The first kappa shape index (κ1) is 9.71. The molecule has 1 heterocycles. The number of hydrogen-bond acceptors (Lipinski definition) is 2. The minimum atomic E-state index is -0.136. The molecule has 0 atom stereocenters. The van der Waals surface area contributed by atoms with E-state index in [0.29, 0.717) is 5.56 Å². The Balaban J connectivity index is 2.83. The standard InChI is InChI=1S/C11H12N2O2/c1-7(2)13-10-5-8(6-14)3-4-9(10)12-11(13)15/h3-7H,1-2H3,(H,12,15).